The first kappa shape index (κ1) is 16.0. The molecule has 19 heavy (non-hydrogen) atoms. The summed E-state index contributed by atoms with van der Waals surface area (Å²) < 4.78 is 47.7. The van der Waals surface area contributed by atoms with Crippen molar-refractivity contribution in [2.75, 3.05) is 32.7 Å². The number of anilines is 1. The molecular weight excluding hydrogens is 285 g/mol. The molecule has 0 radical (unpaired) electrons. The molecule has 1 atom stereocenters. The Kier molecular flexibility index (Phi) is 5.84. The van der Waals surface area contributed by atoms with Gasteiger partial charge in [-0.15, -0.1) is 0 Å². The van der Waals surface area contributed by atoms with E-state index in [4.69, 9.17) is 21.1 Å². The maximum absolute atomic E-state index is 12.6. The van der Waals surface area contributed by atoms with Crippen molar-refractivity contribution in [3.63, 3.8) is 0 Å². The van der Waals surface area contributed by atoms with E-state index in [2.05, 4.69) is 10.3 Å². The zero-order chi connectivity index (χ0) is 14.5. The quantitative estimate of drug-likeness (QED) is 0.820. The van der Waals surface area contributed by atoms with Crippen molar-refractivity contribution < 1.29 is 22.6 Å². The van der Waals surface area contributed by atoms with E-state index >= 15 is 0 Å². The van der Waals surface area contributed by atoms with Crippen molar-refractivity contribution in [1.82, 2.24) is 4.98 Å². The molecule has 1 rings (SSSR count). The Morgan fingerprint density at radius 1 is 1.37 bits per heavy atom. The van der Waals surface area contributed by atoms with Crippen LogP contribution in [0.2, 0.25) is 5.15 Å². The summed E-state index contributed by atoms with van der Waals surface area (Å²) in [4.78, 5) is 3.77. The van der Waals surface area contributed by atoms with Gasteiger partial charge in [-0.05, 0) is 12.1 Å². The van der Waals surface area contributed by atoms with E-state index in [9.17, 15) is 13.2 Å². The normalized spacial score (nSPS) is 13.4. The summed E-state index contributed by atoms with van der Waals surface area (Å²) in [6.07, 6.45) is -4.75. The number of alkyl halides is 3. The van der Waals surface area contributed by atoms with Crippen LogP contribution in [-0.4, -0.2) is 38.5 Å². The van der Waals surface area contributed by atoms with E-state index < -0.39 is 11.7 Å². The van der Waals surface area contributed by atoms with Crippen LogP contribution in [-0.2, 0) is 15.7 Å². The summed E-state index contributed by atoms with van der Waals surface area (Å²) in [6, 6.07) is 1.67. The fourth-order valence-corrected chi connectivity index (χ4v) is 1.57. The van der Waals surface area contributed by atoms with E-state index in [1.165, 1.54) is 14.2 Å². The summed E-state index contributed by atoms with van der Waals surface area (Å²) in [6.45, 7) is 0.575. The second-order valence-electron chi connectivity index (χ2n) is 3.76. The van der Waals surface area contributed by atoms with E-state index in [1.807, 2.05) is 0 Å². The van der Waals surface area contributed by atoms with Crippen LogP contribution in [0.4, 0.5) is 19.0 Å². The molecule has 1 heterocycles. The van der Waals surface area contributed by atoms with E-state index in [-0.39, 0.29) is 23.6 Å². The molecule has 1 aromatic heterocycles. The fourth-order valence-electron chi connectivity index (χ4n) is 1.37. The number of ether oxygens (including phenoxy) is 2. The number of pyridine rings is 1. The minimum Gasteiger partial charge on any atom is -0.382 e. The number of rotatable bonds is 6. The van der Waals surface area contributed by atoms with Crippen molar-refractivity contribution in [3.8, 4) is 0 Å². The smallest absolute Gasteiger partial charge is 0.382 e. The van der Waals surface area contributed by atoms with Crippen LogP contribution < -0.4 is 5.32 Å². The molecule has 1 unspecified atom stereocenters. The van der Waals surface area contributed by atoms with Gasteiger partial charge in [-0.25, -0.2) is 4.98 Å². The molecule has 4 nitrogen and oxygen atoms in total. The number of halogens is 4. The fraction of sp³-hybridized carbons (Fsp3) is 0.545. The second kappa shape index (κ2) is 6.93. The molecule has 0 fully saturated rings. The van der Waals surface area contributed by atoms with Crippen molar-refractivity contribution in [2.45, 2.75) is 12.3 Å². The van der Waals surface area contributed by atoms with Crippen LogP contribution in [0.5, 0.6) is 0 Å². The standard InChI is InChI=1S/C11H14ClF3N2O2/c1-18-6-8(19-2)5-16-10-4-7(11(13,14)15)3-9(12)17-10/h3-4,8H,5-6H2,1-2H3,(H,16,17). The Labute approximate surface area is 113 Å². The molecule has 108 valence electrons. The van der Waals surface area contributed by atoms with E-state index in [0.717, 1.165) is 12.1 Å². The molecule has 1 aromatic rings. The van der Waals surface area contributed by atoms with Gasteiger partial charge in [0, 0.05) is 20.8 Å². The molecule has 8 heteroatoms. The lowest BCUT2D eigenvalue weighted by Gasteiger charge is -2.16. The van der Waals surface area contributed by atoms with Gasteiger partial charge in [-0.1, -0.05) is 11.6 Å². The Bertz CT molecular complexity index is 415. The SMILES string of the molecule is COCC(CNc1cc(C(F)(F)F)cc(Cl)n1)OC. The van der Waals surface area contributed by atoms with Crippen LogP contribution in [0.15, 0.2) is 12.1 Å². The van der Waals surface area contributed by atoms with Crippen molar-refractivity contribution in [1.29, 1.82) is 0 Å². The maximum atomic E-state index is 12.6. The predicted octanol–water partition coefficient (Wildman–Crippen LogP) is 2.83. The van der Waals surface area contributed by atoms with Crippen LogP contribution in [0.25, 0.3) is 0 Å². The third-order valence-electron chi connectivity index (χ3n) is 2.32. The first-order valence-electron chi connectivity index (χ1n) is 5.37. The zero-order valence-electron chi connectivity index (χ0n) is 10.4. The Morgan fingerprint density at radius 3 is 2.58 bits per heavy atom. The number of nitrogens with one attached hydrogen (secondary N) is 1. The molecule has 0 bridgehead atoms. The second-order valence-corrected chi connectivity index (χ2v) is 4.14. The largest absolute Gasteiger partial charge is 0.416 e. The molecule has 0 saturated heterocycles. The topological polar surface area (TPSA) is 43.4 Å². The van der Waals surface area contributed by atoms with E-state index in [1.54, 1.807) is 0 Å². The first-order chi connectivity index (χ1) is 8.86. The Balaban J connectivity index is 2.76. The minimum absolute atomic E-state index is 0.0398. The van der Waals surface area contributed by atoms with Crippen LogP contribution in [0, 0.1) is 0 Å². The molecule has 0 aromatic carbocycles. The van der Waals surface area contributed by atoms with Crippen LogP contribution in [0.1, 0.15) is 5.56 Å². The van der Waals surface area contributed by atoms with Gasteiger partial charge in [0.1, 0.15) is 11.0 Å². The van der Waals surface area contributed by atoms with Gasteiger partial charge in [0.2, 0.25) is 0 Å². The molecular formula is C11H14ClF3N2O2. The Morgan fingerprint density at radius 2 is 2.05 bits per heavy atom. The number of nitrogens with zero attached hydrogens (tertiary/aromatic N) is 1. The monoisotopic (exact) mass is 298 g/mol. The van der Waals surface area contributed by atoms with Gasteiger partial charge in [-0.3, -0.25) is 0 Å². The lowest BCUT2D eigenvalue weighted by atomic mass is 10.2. The Hall–Kier alpha value is -1.05. The average Bonchev–Trinajstić information content (AvgIpc) is 2.32. The highest BCUT2D eigenvalue weighted by Gasteiger charge is 2.31. The molecule has 0 aliphatic heterocycles. The van der Waals surface area contributed by atoms with Gasteiger partial charge in [0.15, 0.2) is 0 Å². The molecule has 0 spiro atoms. The highest BCUT2D eigenvalue weighted by atomic mass is 35.5. The number of methoxy groups -OCH3 is 2. The maximum Gasteiger partial charge on any atom is 0.416 e. The summed E-state index contributed by atoms with van der Waals surface area (Å²) in [5.41, 5.74) is -0.851. The van der Waals surface area contributed by atoms with Gasteiger partial charge in [0.05, 0.1) is 18.3 Å². The molecule has 0 aliphatic rings. The van der Waals surface area contributed by atoms with Crippen molar-refractivity contribution in [3.05, 3.63) is 22.8 Å². The molecule has 0 aliphatic carbocycles. The van der Waals surface area contributed by atoms with Gasteiger partial charge in [-0.2, -0.15) is 13.2 Å². The number of hydrogen-bond donors (Lipinski definition) is 1. The van der Waals surface area contributed by atoms with Crippen molar-refractivity contribution >= 4 is 17.4 Å². The van der Waals surface area contributed by atoms with Crippen LogP contribution >= 0.6 is 11.6 Å². The third kappa shape index (κ3) is 5.22. The van der Waals surface area contributed by atoms with Crippen molar-refractivity contribution in [2.24, 2.45) is 0 Å². The van der Waals surface area contributed by atoms with Gasteiger partial charge in [0.25, 0.3) is 0 Å². The highest BCUT2D eigenvalue weighted by molar-refractivity contribution is 6.29. The van der Waals surface area contributed by atoms with Gasteiger partial charge >= 0.3 is 6.18 Å². The number of aromatic nitrogens is 1. The summed E-state index contributed by atoms with van der Waals surface area (Å²) in [5, 5.41) is 2.51. The first-order valence-corrected chi connectivity index (χ1v) is 5.75. The lowest BCUT2D eigenvalue weighted by molar-refractivity contribution is -0.137. The number of hydrogen-bond acceptors (Lipinski definition) is 4. The van der Waals surface area contributed by atoms with Crippen LogP contribution in [0.3, 0.4) is 0 Å². The molecule has 1 N–H and O–H groups in total. The minimum atomic E-state index is -4.46. The lowest BCUT2D eigenvalue weighted by Crippen LogP contribution is -2.27. The average molecular weight is 299 g/mol. The summed E-state index contributed by atoms with van der Waals surface area (Å²) >= 11 is 5.56. The third-order valence-corrected chi connectivity index (χ3v) is 2.51. The summed E-state index contributed by atoms with van der Waals surface area (Å²) in [7, 11) is 2.99. The predicted molar refractivity (Wildman–Crippen MR) is 65.4 cm³/mol. The summed E-state index contributed by atoms with van der Waals surface area (Å²) in [5.74, 6) is 0.0398. The zero-order valence-corrected chi connectivity index (χ0v) is 11.2. The molecule has 0 saturated carbocycles. The highest BCUT2D eigenvalue weighted by Crippen LogP contribution is 2.31. The van der Waals surface area contributed by atoms with Gasteiger partial charge < -0.3 is 14.8 Å². The molecule has 0 amide bonds. The van der Waals surface area contributed by atoms with E-state index in [0.29, 0.717) is 6.61 Å².